The Hall–Kier alpha value is -2.58. The van der Waals surface area contributed by atoms with Crippen LogP contribution in [-0.2, 0) is 26.9 Å². The molecule has 0 N–H and O–H groups in total. The van der Waals surface area contributed by atoms with Crippen molar-refractivity contribution in [1.29, 1.82) is 0 Å². The Morgan fingerprint density at radius 3 is 2.61 bits per heavy atom. The first-order valence-electron chi connectivity index (χ1n) is 8.51. The molecule has 5 nitrogen and oxygen atoms in total. The highest BCUT2D eigenvalue weighted by Crippen LogP contribution is 2.24. The molecular weight excluding hydrogens is 399 g/mol. The number of aromatic nitrogens is 1. The molecule has 28 heavy (non-hydrogen) atoms. The maximum absolute atomic E-state index is 13.3. The van der Waals surface area contributed by atoms with E-state index >= 15 is 0 Å². The lowest BCUT2D eigenvalue weighted by Crippen LogP contribution is -2.32. The molecule has 1 heterocycles. The summed E-state index contributed by atoms with van der Waals surface area (Å²) >= 11 is 1.37. The summed E-state index contributed by atoms with van der Waals surface area (Å²) in [5.74, 6) is -1.85. The Balaban J connectivity index is 1.62. The summed E-state index contributed by atoms with van der Waals surface area (Å²) in [6.07, 6.45) is 0. The van der Waals surface area contributed by atoms with E-state index in [2.05, 4.69) is 4.98 Å². The maximum atomic E-state index is 13.3. The Labute approximate surface area is 167 Å². The number of amides is 1. The number of carbonyl (C=O) groups is 1. The second kappa shape index (κ2) is 8.62. The fourth-order valence-corrected chi connectivity index (χ4v) is 4.89. The fraction of sp³-hybridized carbons (Fsp3) is 0.200. The van der Waals surface area contributed by atoms with Crippen molar-refractivity contribution < 1.29 is 17.6 Å². The number of sulfone groups is 1. The Bertz CT molecular complexity index is 1070. The molecule has 0 saturated heterocycles. The molecule has 0 bridgehead atoms. The highest BCUT2D eigenvalue weighted by Gasteiger charge is 2.22. The number of rotatable bonds is 7. The van der Waals surface area contributed by atoms with Crippen molar-refractivity contribution in [2.45, 2.75) is 12.3 Å². The summed E-state index contributed by atoms with van der Waals surface area (Å²) in [6, 6.07) is 15.3. The molecule has 1 amide bonds. The van der Waals surface area contributed by atoms with Gasteiger partial charge in [0.1, 0.15) is 16.6 Å². The van der Waals surface area contributed by atoms with Gasteiger partial charge in [-0.25, -0.2) is 17.8 Å². The second-order valence-corrected chi connectivity index (χ2v) is 9.34. The minimum Gasteiger partial charge on any atom is -0.341 e. The summed E-state index contributed by atoms with van der Waals surface area (Å²) in [5, 5.41) is 2.43. The van der Waals surface area contributed by atoms with Crippen LogP contribution in [-0.4, -0.2) is 37.0 Å². The van der Waals surface area contributed by atoms with Crippen LogP contribution in [0.4, 0.5) is 4.39 Å². The summed E-state index contributed by atoms with van der Waals surface area (Å²) in [7, 11) is -2.17. The lowest BCUT2D eigenvalue weighted by Gasteiger charge is -2.17. The molecule has 2 aromatic carbocycles. The lowest BCUT2D eigenvalue weighted by atomic mass is 10.2. The van der Waals surface area contributed by atoms with Crippen LogP contribution >= 0.6 is 11.3 Å². The van der Waals surface area contributed by atoms with Gasteiger partial charge in [-0.3, -0.25) is 4.79 Å². The van der Waals surface area contributed by atoms with E-state index in [0.29, 0.717) is 11.3 Å². The van der Waals surface area contributed by atoms with Crippen molar-refractivity contribution in [3.63, 3.8) is 0 Å². The van der Waals surface area contributed by atoms with Gasteiger partial charge in [-0.1, -0.05) is 42.5 Å². The van der Waals surface area contributed by atoms with Gasteiger partial charge >= 0.3 is 0 Å². The predicted octanol–water partition coefficient (Wildman–Crippen LogP) is 3.52. The van der Waals surface area contributed by atoms with Gasteiger partial charge in [0.2, 0.25) is 5.91 Å². The van der Waals surface area contributed by atoms with E-state index in [1.807, 2.05) is 30.3 Å². The fourth-order valence-electron chi connectivity index (χ4n) is 2.66. The largest absolute Gasteiger partial charge is 0.341 e. The summed E-state index contributed by atoms with van der Waals surface area (Å²) in [5.41, 5.74) is 1.94. The molecule has 3 rings (SSSR count). The molecule has 0 aliphatic rings. The van der Waals surface area contributed by atoms with Crippen molar-refractivity contribution in [1.82, 2.24) is 9.88 Å². The molecule has 0 unspecified atom stereocenters. The minimum absolute atomic E-state index is 0.140. The molecule has 0 radical (unpaired) electrons. The van der Waals surface area contributed by atoms with E-state index < -0.39 is 27.3 Å². The molecule has 0 atom stereocenters. The predicted molar refractivity (Wildman–Crippen MR) is 108 cm³/mol. The van der Waals surface area contributed by atoms with Crippen LogP contribution in [0.2, 0.25) is 0 Å². The number of hydrogen-bond donors (Lipinski definition) is 0. The first kappa shape index (κ1) is 20.2. The van der Waals surface area contributed by atoms with Crippen molar-refractivity contribution >= 4 is 27.1 Å². The van der Waals surface area contributed by atoms with Gasteiger partial charge in [-0.05, 0) is 17.7 Å². The third-order valence-electron chi connectivity index (χ3n) is 4.02. The average Bonchev–Trinajstić information content (AvgIpc) is 3.09. The summed E-state index contributed by atoms with van der Waals surface area (Å²) in [6.45, 7) is 0.140. The standard InChI is InChI=1S/C20H19FN2O3S2/c1-23(11-15-6-5-9-17(21)10-15)19(24)14-28(25,26)13-18-12-27-20(22-18)16-7-3-2-4-8-16/h2-10,12H,11,13-14H2,1H3. The van der Waals surface area contributed by atoms with E-state index in [0.717, 1.165) is 10.6 Å². The zero-order chi connectivity index (χ0) is 20.1. The van der Waals surface area contributed by atoms with Crippen LogP contribution in [0.3, 0.4) is 0 Å². The topological polar surface area (TPSA) is 67.3 Å². The molecule has 0 spiro atoms. The number of thiazole rings is 1. The zero-order valence-corrected chi connectivity index (χ0v) is 16.8. The molecular formula is C20H19FN2O3S2. The minimum atomic E-state index is -3.67. The van der Waals surface area contributed by atoms with Crippen molar-refractivity contribution in [2.24, 2.45) is 0 Å². The Morgan fingerprint density at radius 2 is 1.89 bits per heavy atom. The Morgan fingerprint density at radius 1 is 1.14 bits per heavy atom. The first-order valence-corrected chi connectivity index (χ1v) is 11.2. The van der Waals surface area contributed by atoms with E-state index in [4.69, 9.17) is 0 Å². The van der Waals surface area contributed by atoms with Gasteiger partial charge in [-0.15, -0.1) is 11.3 Å². The molecule has 0 saturated carbocycles. The number of benzene rings is 2. The number of carbonyl (C=O) groups excluding carboxylic acids is 1. The molecule has 0 fully saturated rings. The zero-order valence-electron chi connectivity index (χ0n) is 15.2. The first-order chi connectivity index (χ1) is 13.3. The van der Waals surface area contributed by atoms with E-state index in [9.17, 15) is 17.6 Å². The van der Waals surface area contributed by atoms with Crippen LogP contribution in [0.25, 0.3) is 10.6 Å². The van der Waals surface area contributed by atoms with E-state index in [1.54, 1.807) is 17.5 Å². The van der Waals surface area contributed by atoms with Gasteiger partial charge in [0, 0.05) is 24.5 Å². The molecule has 0 aliphatic carbocycles. The molecule has 1 aromatic heterocycles. The normalized spacial score (nSPS) is 11.4. The van der Waals surface area contributed by atoms with Gasteiger partial charge in [-0.2, -0.15) is 0 Å². The molecule has 146 valence electrons. The molecule has 3 aromatic rings. The number of nitrogens with zero attached hydrogens (tertiary/aromatic N) is 2. The van der Waals surface area contributed by atoms with Crippen molar-refractivity contribution in [3.8, 4) is 10.6 Å². The summed E-state index contributed by atoms with van der Waals surface area (Å²) < 4.78 is 38.1. The lowest BCUT2D eigenvalue weighted by molar-refractivity contribution is -0.127. The average molecular weight is 419 g/mol. The van der Waals surface area contributed by atoms with Gasteiger partial charge in [0.05, 0.1) is 11.4 Å². The van der Waals surface area contributed by atoms with Crippen LogP contribution in [0, 0.1) is 5.82 Å². The maximum Gasteiger partial charge on any atom is 0.237 e. The monoisotopic (exact) mass is 418 g/mol. The van der Waals surface area contributed by atoms with Gasteiger partial charge in [0.15, 0.2) is 9.84 Å². The molecule has 0 aliphatic heterocycles. The third-order valence-corrected chi connectivity index (χ3v) is 6.38. The van der Waals surface area contributed by atoms with E-state index in [-0.39, 0.29) is 12.3 Å². The van der Waals surface area contributed by atoms with Crippen molar-refractivity contribution in [3.05, 3.63) is 77.1 Å². The second-order valence-electron chi connectivity index (χ2n) is 6.42. The highest BCUT2D eigenvalue weighted by atomic mass is 32.2. The SMILES string of the molecule is CN(Cc1cccc(F)c1)C(=O)CS(=O)(=O)Cc1csc(-c2ccccc2)n1. The molecule has 8 heteroatoms. The van der Waals surface area contributed by atoms with Gasteiger partial charge < -0.3 is 4.90 Å². The quantitative estimate of drug-likeness (QED) is 0.589. The van der Waals surface area contributed by atoms with Crippen molar-refractivity contribution in [2.75, 3.05) is 12.8 Å². The van der Waals surface area contributed by atoms with E-state index in [1.165, 1.54) is 35.4 Å². The number of halogens is 1. The third kappa shape index (κ3) is 5.46. The van der Waals surface area contributed by atoms with Crippen LogP contribution < -0.4 is 0 Å². The van der Waals surface area contributed by atoms with Crippen LogP contribution in [0.1, 0.15) is 11.3 Å². The van der Waals surface area contributed by atoms with Gasteiger partial charge in [0.25, 0.3) is 0 Å². The Kier molecular flexibility index (Phi) is 6.21. The number of hydrogen-bond acceptors (Lipinski definition) is 5. The smallest absolute Gasteiger partial charge is 0.237 e. The summed E-state index contributed by atoms with van der Waals surface area (Å²) in [4.78, 5) is 17.9. The van der Waals surface area contributed by atoms with Crippen LogP contribution in [0.15, 0.2) is 60.0 Å². The highest BCUT2D eigenvalue weighted by molar-refractivity contribution is 7.91. The van der Waals surface area contributed by atoms with Crippen LogP contribution in [0.5, 0.6) is 0 Å².